The van der Waals surface area contributed by atoms with Gasteiger partial charge in [0.05, 0.1) is 12.3 Å². The van der Waals surface area contributed by atoms with Gasteiger partial charge in [-0.25, -0.2) is 9.97 Å². The first-order valence-electron chi connectivity index (χ1n) is 14.3. The molecule has 9 nitrogen and oxygen atoms in total. The Balaban J connectivity index is 0.00000173. The van der Waals surface area contributed by atoms with Crippen LogP contribution in [0.15, 0.2) is 60.9 Å². The minimum Gasteiger partial charge on any atom is -0.392 e. The fraction of sp³-hybridized carbons (Fsp3) is 0.273. The Kier molecular flexibility index (Phi) is 8.61. The van der Waals surface area contributed by atoms with E-state index in [9.17, 15) is 9.90 Å². The lowest BCUT2D eigenvalue weighted by Crippen LogP contribution is -2.24. The van der Waals surface area contributed by atoms with E-state index in [4.69, 9.17) is 0 Å². The average molecular weight is 564 g/mol. The normalized spacial score (nSPS) is 12.3. The Labute approximate surface area is 246 Å². The number of aliphatic hydroxyl groups is 1. The molecule has 0 unspecified atom stereocenters. The van der Waals surface area contributed by atoms with Gasteiger partial charge in [-0.2, -0.15) is 0 Å². The van der Waals surface area contributed by atoms with Gasteiger partial charge >= 0.3 is 0 Å². The third kappa shape index (κ3) is 5.48. The van der Waals surface area contributed by atoms with E-state index in [2.05, 4.69) is 50.0 Å². The van der Waals surface area contributed by atoms with E-state index in [0.29, 0.717) is 18.2 Å². The van der Waals surface area contributed by atoms with Gasteiger partial charge in [0.15, 0.2) is 11.6 Å². The molecule has 0 spiro atoms. The Morgan fingerprint density at radius 2 is 1.74 bits per heavy atom. The molecule has 0 saturated carbocycles. The molecule has 0 saturated heterocycles. The molecule has 3 aromatic heterocycles. The van der Waals surface area contributed by atoms with Crippen LogP contribution in [-0.2, 0) is 26.6 Å². The summed E-state index contributed by atoms with van der Waals surface area (Å²) in [5.74, 6) is 0.847. The number of hydrogen-bond donors (Lipinski definition) is 4. The van der Waals surface area contributed by atoms with Gasteiger partial charge in [0.25, 0.3) is 5.91 Å². The first kappa shape index (κ1) is 28.9. The van der Waals surface area contributed by atoms with Crippen molar-refractivity contribution in [1.82, 2.24) is 24.8 Å². The Bertz CT molecular complexity index is 1760. The maximum absolute atomic E-state index is 13.3. The Morgan fingerprint density at radius 3 is 2.45 bits per heavy atom. The Morgan fingerprint density at radius 1 is 1.02 bits per heavy atom. The first-order chi connectivity index (χ1) is 20.4. The predicted molar refractivity (Wildman–Crippen MR) is 168 cm³/mol. The van der Waals surface area contributed by atoms with Gasteiger partial charge < -0.3 is 25.6 Å². The molecule has 2 aromatic carbocycles. The maximum atomic E-state index is 13.3. The molecule has 1 amide bonds. The number of nitrogens with one attached hydrogen (secondary N) is 3. The fourth-order valence-corrected chi connectivity index (χ4v) is 5.37. The van der Waals surface area contributed by atoms with Crippen molar-refractivity contribution in [1.29, 1.82) is 0 Å². The van der Waals surface area contributed by atoms with E-state index in [-0.39, 0.29) is 12.5 Å². The molecular formula is C33H37N7O2. The summed E-state index contributed by atoms with van der Waals surface area (Å²) in [6, 6.07) is 15.8. The van der Waals surface area contributed by atoms with Crippen molar-refractivity contribution in [3.8, 4) is 11.1 Å². The quantitative estimate of drug-likeness (QED) is 0.206. The number of carbonyl (C=O) groups is 1. The highest BCUT2D eigenvalue weighted by atomic mass is 16.3. The molecule has 1 aliphatic heterocycles. The highest BCUT2D eigenvalue weighted by Gasteiger charge is 2.22. The van der Waals surface area contributed by atoms with Crippen molar-refractivity contribution in [2.45, 2.75) is 47.3 Å². The van der Waals surface area contributed by atoms with Crippen molar-refractivity contribution in [2.24, 2.45) is 7.05 Å². The molecule has 1 aliphatic rings. The number of benzene rings is 2. The molecular weight excluding hydrogens is 526 g/mol. The summed E-state index contributed by atoms with van der Waals surface area (Å²) in [6.45, 7) is 9.60. The van der Waals surface area contributed by atoms with E-state index < -0.39 is 0 Å². The molecule has 0 atom stereocenters. The zero-order chi connectivity index (χ0) is 29.8. The highest BCUT2D eigenvalue weighted by Crippen LogP contribution is 2.35. The van der Waals surface area contributed by atoms with Crippen LogP contribution < -0.4 is 16.0 Å². The summed E-state index contributed by atoms with van der Waals surface area (Å²) < 4.78 is 1.91. The van der Waals surface area contributed by atoms with Crippen LogP contribution in [0.2, 0.25) is 0 Å². The number of aromatic nitrogens is 4. The fourth-order valence-electron chi connectivity index (χ4n) is 5.37. The second-order valence-corrected chi connectivity index (χ2v) is 10.1. The number of fused-ring (bicyclic) bond motifs is 2. The number of imidazole rings is 1. The van der Waals surface area contributed by atoms with Crippen LogP contribution in [0.3, 0.4) is 0 Å². The van der Waals surface area contributed by atoms with Crippen LogP contribution >= 0.6 is 0 Å². The van der Waals surface area contributed by atoms with Crippen LogP contribution in [0, 0.1) is 13.8 Å². The van der Waals surface area contributed by atoms with E-state index in [1.54, 1.807) is 12.4 Å². The van der Waals surface area contributed by atoms with Crippen LogP contribution in [0.5, 0.6) is 0 Å². The minimum atomic E-state index is -0.219. The molecule has 42 heavy (non-hydrogen) atoms. The molecule has 0 aliphatic carbocycles. The van der Waals surface area contributed by atoms with Gasteiger partial charge in [0.1, 0.15) is 5.52 Å². The Hall–Kier alpha value is -4.60. The summed E-state index contributed by atoms with van der Waals surface area (Å²) in [7, 11) is 1.91. The number of pyridine rings is 2. The van der Waals surface area contributed by atoms with Crippen molar-refractivity contribution >= 4 is 34.0 Å². The smallest absolute Gasteiger partial charge is 0.291 e. The second kappa shape index (κ2) is 12.5. The third-order valence-electron chi connectivity index (χ3n) is 7.63. The highest BCUT2D eigenvalue weighted by molar-refractivity contribution is 6.03. The van der Waals surface area contributed by atoms with Gasteiger partial charge in [-0.15, -0.1) is 0 Å². The SMILES string of the molecule is CC.Cc1c(NC(=O)c2nc3c(n2C)CCNC3)cccc1-c1cccc(Nc2nccc3cc(CO)cnc23)c1C. The summed E-state index contributed by atoms with van der Waals surface area (Å²) in [4.78, 5) is 26.9. The largest absolute Gasteiger partial charge is 0.392 e. The van der Waals surface area contributed by atoms with Crippen molar-refractivity contribution < 1.29 is 9.90 Å². The van der Waals surface area contributed by atoms with Crippen molar-refractivity contribution in [3.05, 3.63) is 94.8 Å². The summed E-state index contributed by atoms with van der Waals surface area (Å²) in [5, 5.41) is 20.2. The van der Waals surface area contributed by atoms with Crippen LogP contribution in [0.1, 0.15) is 52.5 Å². The van der Waals surface area contributed by atoms with Gasteiger partial charge in [-0.1, -0.05) is 38.1 Å². The summed E-state index contributed by atoms with van der Waals surface area (Å²) >= 11 is 0. The van der Waals surface area contributed by atoms with Crippen LogP contribution in [-0.4, -0.2) is 37.1 Å². The standard InChI is InChI=1S/C31H31N7O2.C2H6/c1-18-22(6-4-8-24(18)35-29-28-21(10-13-33-29)14-20(17-39)15-34-28)23-7-5-9-25(19(23)2)37-31(40)30-36-26-16-32-12-11-27(26)38(30)3;1-2/h4-10,13-15,32,39H,11-12,16-17H2,1-3H3,(H,33,35)(H,37,40);1-2H3. The number of carbonyl (C=O) groups excluding carboxylic acids is 1. The van der Waals surface area contributed by atoms with Gasteiger partial charge in [-0.3, -0.25) is 9.78 Å². The average Bonchev–Trinajstić information content (AvgIpc) is 3.36. The minimum absolute atomic E-state index is 0.0602. The topological polar surface area (TPSA) is 117 Å². The zero-order valence-corrected chi connectivity index (χ0v) is 24.7. The molecule has 0 radical (unpaired) electrons. The molecule has 0 fully saturated rings. The first-order valence-corrected chi connectivity index (χ1v) is 14.3. The summed E-state index contributed by atoms with van der Waals surface area (Å²) in [5.41, 5.74) is 9.29. The van der Waals surface area contributed by atoms with Crippen LogP contribution in [0.4, 0.5) is 17.2 Å². The molecule has 5 aromatic rings. The lowest BCUT2D eigenvalue weighted by Gasteiger charge is -2.17. The van der Waals surface area contributed by atoms with E-state index >= 15 is 0 Å². The zero-order valence-electron chi connectivity index (χ0n) is 24.7. The molecule has 9 heteroatoms. The molecule has 0 bridgehead atoms. The molecule has 4 N–H and O–H groups in total. The van der Waals surface area contributed by atoms with E-state index in [1.807, 2.05) is 68.8 Å². The van der Waals surface area contributed by atoms with Crippen molar-refractivity contribution in [3.63, 3.8) is 0 Å². The van der Waals surface area contributed by atoms with E-state index in [0.717, 1.165) is 74.4 Å². The third-order valence-corrected chi connectivity index (χ3v) is 7.63. The molecule has 216 valence electrons. The number of anilines is 3. The predicted octanol–water partition coefficient (Wildman–Crippen LogP) is 5.81. The number of hydrogen-bond acceptors (Lipinski definition) is 7. The molecule has 6 rings (SSSR count). The number of rotatable bonds is 6. The second-order valence-electron chi connectivity index (χ2n) is 10.1. The lowest BCUT2D eigenvalue weighted by molar-refractivity contribution is 0.101. The molecule has 4 heterocycles. The van der Waals surface area contributed by atoms with Crippen molar-refractivity contribution in [2.75, 3.05) is 17.2 Å². The van der Waals surface area contributed by atoms with Gasteiger partial charge in [0.2, 0.25) is 0 Å². The van der Waals surface area contributed by atoms with Gasteiger partial charge in [0, 0.05) is 61.4 Å². The van der Waals surface area contributed by atoms with Crippen LogP contribution in [0.25, 0.3) is 22.0 Å². The summed E-state index contributed by atoms with van der Waals surface area (Å²) in [6.07, 6.45) is 4.26. The maximum Gasteiger partial charge on any atom is 0.291 e. The van der Waals surface area contributed by atoms with Gasteiger partial charge in [-0.05, 0) is 65.9 Å². The number of aliphatic hydroxyl groups excluding tert-OH is 1. The monoisotopic (exact) mass is 563 g/mol. The number of amides is 1. The lowest BCUT2D eigenvalue weighted by atomic mass is 9.94. The van der Waals surface area contributed by atoms with E-state index in [1.165, 1.54) is 0 Å². The number of nitrogens with zero attached hydrogens (tertiary/aromatic N) is 4.